The third kappa shape index (κ3) is 1.91. The molecule has 6 heteroatoms. The van der Waals surface area contributed by atoms with Crippen molar-refractivity contribution in [3.8, 4) is 11.5 Å². The summed E-state index contributed by atoms with van der Waals surface area (Å²) in [5.74, 6) is 2.26. The first-order valence-corrected chi connectivity index (χ1v) is 5.71. The fraction of sp³-hybridized carbons (Fsp3) is 0.333. The predicted octanol–water partition coefficient (Wildman–Crippen LogP) is 1.60. The zero-order valence-corrected chi connectivity index (χ0v) is 9.87. The number of para-hydroxylation sites is 2. The van der Waals surface area contributed by atoms with Crippen molar-refractivity contribution < 1.29 is 14.0 Å². The Bertz CT molecular complexity index is 553. The van der Waals surface area contributed by atoms with Crippen molar-refractivity contribution in [3.63, 3.8) is 0 Å². The first kappa shape index (κ1) is 11.0. The van der Waals surface area contributed by atoms with Gasteiger partial charge in [0.05, 0.1) is 6.04 Å². The Kier molecular flexibility index (Phi) is 2.64. The zero-order valence-electron chi connectivity index (χ0n) is 9.87. The lowest BCUT2D eigenvalue weighted by Gasteiger charge is -2.24. The van der Waals surface area contributed by atoms with Gasteiger partial charge in [-0.2, -0.15) is 4.98 Å². The fourth-order valence-corrected chi connectivity index (χ4v) is 1.71. The molecule has 0 spiro atoms. The summed E-state index contributed by atoms with van der Waals surface area (Å²) in [5.41, 5.74) is 5.66. The van der Waals surface area contributed by atoms with Crippen LogP contribution in [0.5, 0.6) is 11.5 Å². The molecular formula is C12H13N3O3. The molecule has 18 heavy (non-hydrogen) atoms. The van der Waals surface area contributed by atoms with Gasteiger partial charge in [-0.1, -0.05) is 17.3 Å². The van der Waals surface area contributed by atoms with E-state index in [1.165, 1.54) is 0 Å². The monoisotopic (exact) mass is 247 g/mol. The minimum Gasteiger partial charge on any atom is -0.485 e. The summed E-state index contributed by atoms with van der Waals surface area (Å²) in [4.78, 5) is 4.20. The first-order valence-electron chi connectivity index (χ1n) is 5.71. The van der Waals surface area contributed by atoms with Crippen LogP contribution in [0.2, 0.25) is 0 Å². The Morgan fingerprint density at radius 1 is 1.33 bits per heavy atom. The standard InChI is InChI=1S/C12H13N3O3/c1-7(13)12-14-11(15-18-12)10-6-16-8-4-2-3-5-9(8)17-10/h2-5,7,10H,6,13H2,1H3/t7-,10?/m1/s1. The summed E-state index contributed by atoms with van der Waals surface area (Å²) in [6.07, 6.45) is -0.365. The first-order chi connectivity index (χ1) is 8.74. The molecular weight excluding hydrogens is 234 g/mol. The van der Waals surface area contributed by atoms with Crippen molar-refractivity contribution >= 4 is 0 Å². The summed E-state index contributed by atoms with van der Waals surface area (Å²) in [7, 11) is 0. The number of hydrogen-bond acceptors (Lipinski definition) is 6. The molecule has 0 fully saturated rings. The second-order valence-corrected chi connectivity index (χ2v) is 4.14. The van der Waals surface area contributed by atoms with Gasteiger partial charge in [0.2, 0.25) is 11.7 Å². The summed E-state index contributed by atoms with van der Waals surface area (Å²) in [5, 5.41) is 3.86. The maximum absolute atomic E-state index is 5.76. The highest BCUT2D eigenvalue weighted by molar-refractivity contribution is 5.40. The minimum absolute atomic E-state index is 0.289. The van der Waals surface area contributed by atoms with Crippen molar-refractivity contribution in [1.29, 1.82) is 0 Å². The molecule has 1 aromatic carbocycles. The van der Waals surface area contributed by atoms with Crippen molar-refractivity contribution in [1.82, 2.24) is 10.1 Å². The van der Waals surface area contributed by atoms with Crippen LogP contribution in [0.3, 0.4) is 0 Å². The number of ether oxygens (including phenoxy) is 2. The Hall–Kier alpha value is -2.08. The van der Waals surface area contributed by atoms with Gasteiger partial charge in [-0.3, -0.25) is 0 Å². The predicted molar refractivity (Wildman–Crippen MR) is 62.2 cm³/mol. The molecule has 2 aromatic rings. The van der Waals surface area contributed by atoms with Gasteiger partial charge in [-0.15, -0.1) is 0 Å². The molecule has 0 saturated heterocycles. The number of hydrogen-bond donors (Lipinski definition) is 1. The number of benzene rings is 1. The van der Waals surface area contributed by atoms with Crippen LogP contribution in [0.25, 0.3) is 0 Å². The average molecular weight is 247 g/mol. The van der Waals surface area contributed by atoms with Crippen LogP contribution in [0, 0.1) is 0 Å². The van der Waals surface area contributed by atoms with Crippen LogP contribution in [0.1, 0.15) is 30.8 Å². The van der Waals surface area contributed by atoms with Crippen LogP contribution in [-0.4, -0.2) is 16.7 Å². The molecule has 2 N–H and O–H groups in total. The van der Waals surface area contributed by atoms with E-state index < -0.39 is 0 Å². The molecule has 2 heterocycles. The van der Waals surface area contributed by atoms with E-state index in [1.54, 1.807) is 6.92 Å². The fourth-order valence-electron chi connectivity index (χ4n) is 1.71. The quantitative estimate of drug-likeness (QED) is 0.867. The topological polar surface area (TPSA) is 83.4 Å². The Labute approximate surface area is 104 Å². The summed E-state index contributed by atoms with van der Waals surface area (Å²) in [6, 6.07) is 7.19. The van der Waals surface area contributed by atoms with E-state index in [9.17, 15) is 0 Å². The van der Waals surface area contributed by atoms with Crippen LogP contribution >= 0.6 is 0 Å². The van der Waals surface area contributed by atoms with E-state index in [1.807, 2.05) is 24.3 Å². The van der Waals surface area contributed by atoms with Gasteiger partial charge < -0.3 is 19.7 Å². The van der Waals surface area contributed by atoms with Gasteiger partial charge >= 0.3 is 0 Å². The summed E-state index contributed by atoms with van der Waals surface area (Å²) >= 11 is 0. The second-order valence-electron chi connectivity index (χ2n) is 4.14. The maximum Gasteiger partial charge on any atom is 0.243 e. The SMILES string of the molecule is C[C@@H](N)c1nc(C2COc3ccccc3O2)no1. The molecule has 0 bridgehead atoms. The van der Waals surface area contributed by atoms with Crippen LogP contribution in [-0.2, 0) is 0 Å². The molecule has 1 aromatic heterocycles. The molecule has 1 aliphatic rings. The van der Waals surface area contributed by atoms with Gasteiger partial charge in [-0.25, -0.2) is 0 Å². The lowest BCUT2D eigenvalue weighted by atomic mass is 10.2. The normalized spacial score (nSPS) is 19.6. The third-order valence-electron chi connectivity index (χ3n) is 2.64. The van der Waals surface area contributed by atoms with Gasteiger partial charge in [0.1, 0.15) is 6.61 Å². The summed E-state index contributed by atoms with van der Waals surface area (Å²) < 4.78 is 16.4. The maximum atomic E-state index is 5.76. The Morgan fingerprint density at radius 2 is 2.11 bits per heavy atom. The number of nitrogens with zero attached hydrogens (tertiary/aromatic N) is 2. The average Bonchev–Trinajstić information content (AvgIpc) is 2.88. The Balaban J connectivity index is 1.83. The Morgan fingerprint density at radius 3 is 2.83 bits per heavy atom. The van der Waals surface area contributed by atoms with Crippen molar-refractivity contribution in [2.75, 3.05) is 6.61 Å². The third-order valence-corrected chi connectivity index (χ3v) is 2.64. The van der Waals surface area contributed by atoms with Crippen LogP contribution in [0.4, 0.5) is 0 Å². The molecule has 0 radical (unpaired) electrons. The molecule has 2 atom stereocenters. The van der Waals surface area contributed by atoms with Crippen molar-refractivity contribution in [3.05, 3.63) is 36.0 Å². The van der Waals surface area contributed by atoms with E-state index in [2.05, 4.69) is 10.1 Å². The van der Waals surface area contributed by atoms with Crippen LogP contribution in [0.15, 0.2) is 28.8 Å². The van der Waals surface area contributed by atoms with E-state index >= 15 is 0 Å². The molecule has 1 aliphatic heterocycles. The molecule has 0 amide bonds. The van der Waals surface area contributed by atoms with Gasteiger partial charge in [0, 0.05) is 0 Å². The van der Waals surface area contributed by atoms with Gasteiger partial charge in [0.15, 0.2) is 17.6 Å². The van der Waals surface area contributed by atoms with E-state index in [4.69, 9.17) is 19.7 Å². The highest BCUT2D eigenvalue weighted by Crippen LogP contribution is 2.35. The number of fused-ring (bicyclic) bond motifs is 1. The van der Waals surface area contributed by atoms with E-state index in [0.29, 0.717) is 24.1 Å². The second kappa shape index (κ2) is 4.30. The van der Waals surface area contributed by atoms with Crippen LogP contribution < -0.4 is 15.2 Å². The summed E-state index contributed by atoms with van der Waals surface area (Å²) in [6.45, 7) is 2.14. The van der Waals surface area contributed by atoms with Crippen molar-refractivity contribution in [2.45, 2.75) is 19.1 Å². The lowest BCUT2D eigenvalue weighted by molar-refractivity contribution is 0.0832. The number of aromatic nitrogens is 2. The van der Waals surface area contributed by atoms with Gasteiger partial charge in [0.25, 0.3) is 0 Å². The lowest BCUT2D eigenvalue weighted by Crippen LogP contribution is -2.22. The molecule has 6 nitrogen and oxygen atoms in total. The smallest absolute Gasteiger partial charge is 0.243 e. The highest BCUT2D eigenvalue weighted by Gasteiger charge is 2.27. The molecule has 94 valence electrons. The number of nitrogens with two attached hydrogens (primary N) is 1. The minimum atomic E-state index is -0.365. The van der Waals surface area contributed by atoms with Crippen molar-refractivity contribution in [2.24, 2.45) is 5.73 Å². The highest BCUT2D eigenvalue weighted by atomic mass is 16.6. The molecule has 1 unspecified atom stereocenters. The van der Waals surface area contributed by atoms with E-state index in [-0.39, 0.29) is 12.1 Å². The number of rotatable bonds is 2. The molecule has 0 saturated carbocycles. The van der Waals surface area contributed by atoms with Gasteiger partial charge in [-0.05, 0) is 19.1 Å². The largest absolute Gasteiger partial charge is 0.485 e. The zero-order chi connectivity index (χ0) is 12.5. The molecule has 3 rings (SSSR count). The van der Waals surface area contributed by atoms with E-state index in [0.717, 1.165) is 5.75 Å². The molecule has 0 aliphatic carbocycles.